The van der Waals surface area contributed by atoms with Gasteiger partial charge >= 0.3 is 11.9 Å². The van der Waals surface area contributed by atoms with Crippen molar-refractivity contribution >= 4 is 11.9 Å². The van der Waals surface area contributed by atoms with E-state index in [0.717, 1.165) is 24.0 Å². The molecule has 0 aliphatic heterocycles. The molecule has 0 amide bonds. The Morgan fingerprint density at radius 3 is 2.33 bits per heavy atom. The highest BCUT2D eigenvalue weighted by atomic mass is 16.6. The van der Waals surface area contributed by atoms with Crippen LogP contribution in [0.4, 0.5) is 0 Å². The molecule has 5 heteroatoms. The molecule has 27 heavy (non-hydrogen) atoms. The van der Waals surface area contributed by atoms with Crippen LogP contribution in [0.15, 0.2) is 18.2 Å². The molecule has 0 heterocycles. The molecule has 0 N–H and O–H groups in total. The molecule has 1 saturated carbocycles. The Labute approximate surface area is 162 Å². The van der Waals surface area contributed by atoms with Crippen molar-refractivity contribution < 1.29 is 23.8 Å². The summed E-state index contributed by atoms with van der Waals surface area (Å²) in [4.78, 5) is 24.0. The molecule has 1 aliphatic rings. The van der Waals surface area contributed by atoms with E-state index < -0.39 is 11.9 Å². The molecule has 1 aromatic rings. The lowest BCUT2D eigenvalue weighted by molar-refractivity contribution is -0.167. The predicted molar refractivity (Wildman–Crippen MR) is 104 cm³/mol. The second kappa shape index (κ2) is 9.77. The van der Waals surface area contributed by atoms with Crippen LogP contribution in [0.25, 0.3) is 0 Å². The van der Waals surface area contributed by atoms with Gasteiger partial charge in [-0.3, -0.25) is 0 Å². The molecule has 0 radical (unpaired) electrons. The van der Waals surface area contributed by atoms with Crippen molar-refractivity contribution in [1.29, 1.82) is 0 Å². The average Bonchev–Trinajstić information content (AvgIpc) is 2.57. The Bertz CT molecular complexity index is 632. The number of hydrogen-bond donors (Lipinski definition) is 0. The minimum absolute atomic E-state index is 0.0912. The second-order valence-corrected chi connectivity index (χ2v) is 8.13. The van der Waals surface area contributed by atoms with Crippen LogP contribution >= 0.6 is 0 Å². The summed E-state index contributed by atoms with van der Waals surface area (Å²) in [5, 5.41) is 0. The maximum Gasteiger partial charge on any atom is 0.344 e. The third-order valence-electron chi connectivity index (χ3n) is 5.15. The summed E-state index contributed by atoms with van der Waals surface area (Å²) in [6.45, 7) is 9.82. The van der Waals surface area contributed by atoms with Gasteiger partial charge in [-0.15, -0.1) is 0 Å². The Morgan fingerprint density at radius 1 is 1.04 bits per heavy atom. The van der Waals surface area contributed by atoms with Gasteiger partial charge in [-0.25, -0.2) is 9.59 Å². The highest BCUT2D eigenvalue weighted by Crippen LogP contribution is 2.35. The first-order valence-electron chi connectivity index (χ1n) is 9.80. The third-order valence-corrected chi connectivity index (χ3v) is 5.15. The van der Waals surface area contributed by atoms with Crippen LogP contribution in [0.1, 0.15) is 51.2 Å². The summed E-state index contributed by atoms with van der Waals surface area (Å²) in [6, 6.07) is 5.73. The first-order chi connectivity index (χ1) is 12.7. The molecule has 150 valence electrons. The zero-order chi connectivity index (χ0) is 20.0. The van der Waals surface area contributed by atoms with Gasteiger partial charge < -0.3 is 14.2 Å². The van der Waals surface area contributed by atoms with Crippen molar-refractivity contribution in [3.63, 3.8) is 0 Å². The van der Waals surface area contributed by atoms with E-state index in [1.54, 1.807) is 0 Å². The molecule has 0 unspecified atom stereocenters. The first-order valence-corrected chi connectivity index (χ1v) is 9.80. The standard InChI is InChI=1S/C22H32O5/c1-14(2)19-7-6-15(3)11-20(19)27-22(24)13-26-21(23)12-25-18-9-16(4)8-17(5)10-18/h8-10,14-15,19-20H,6-7,11-13H2,1-5H3/t15-,19+,20-/m0/s1. The molecule has 0 spiro atoms. The fourth-order valence-electron chi connectivity index (χ4n) is 3.79. The first kappa shape index (κ1) is 21.3. The average molecular weight is 376 g/mol. The van der Waals surface area contributed by atoms with Gasteiger partial charge in [-0.1, -0.05) is 33.3 Å². The summed E-state index contributed by atoms with van der Waals surface area (Å²) >= 11 is 0. The molecule has 5 nitrogen and oxygen atoms in total. The van der Waals surface area contributed by atoms with Crippen molar-refractivity contribution in [3.8, 4) is 5.75 Å². The van der Waals surface area contributed by atoms with Gasteiger partial charge in [-0.05, 0) is 67.7 Å². The SMILES string of the molecule is Cc1cc(C)cc(OCC(=O)OCC(=O)O[C@H]2C[C@@H](C)CC[C@@H]2C(C)C)c1. The maximum absolute atomic E-state index is 12.1. The van der Waals surface area contributed by atoms with Gasteiger partial charge in [0.2, 0.25) is 0 Å². The van der Waals surface area contributed by atoms with Crippen LogP contribution in [0.3, 0.4) is 0 Å². The van der Waals surface area contributed by atoms with Gasteiger partial charge in [0.05, 0.1) is 0 Å². The molecule has 3 atom stereocenters. The van der Waals surface area contributed by atoms with Crippen molar-refractivity contribution in [3.05, 3.63) is 29.3 Å². The van der Waals surface area contributed by atoms with Crippen LogP contribution in [0.5, 0.6) is 5.75 Å². The number of hydrogen-bond acceptors (Lipinski definition) is 5. The van der Waals surface area contributed by atoms with Crippen LogP contribution in [0.2, 0.25) is 0 Å². The topological polar surface area (TPSA) is 61.8 Å². The Hall–Kier alpha value is -2.04. The highest BCUT2D eigenvalue weighted by molar-refractivity contribution is 5.77. The van der Waals surface area contributed by atoms with Crippen molar-refractivity contribution in [2.45, 2.75) is 60.0 Å². The summed E-state index contributed by atoms with van der Waals surface area (Å²) in [6.07, 6.45) is 3.02. The third kappa shape index (κ3) is 6.89. The normalized spacial score (nSPS) is 22.4. The minimum atomic E-state index is -0.580. The monoisotopic (exact) mass is 376 g/mol. The second-order valence-electron chi connectivity index (χ2n) is 8.13. The summed E-state index contributed by atoms with van der Waals surface area (Å²) in [5.74, 6) is 0.926. The summed E-state index contributed by atoms with van der Waals surface area (Å²) in [5.41, 5.74) is 2.12. The van der Waals surface area contributed by atoms with Gasteiger partial charge in [-0.2, -0.15) is 0 Å². The number of esters is 2. The van der Waals surface area contributed by atoms with Crippen molar-refractivity contribution in [1.82, 2.24) is 0 Å². The van der Waals surface area contributed by atoms with E-state index in [1.807, 2.05) is 32.0 Å². The van der Waals surface area contributed by atoms with Crippen molar-refractivity contribution in [2.75, 3.05) is 13.2 Å². The van der Waals surface area contributed by atoms with Crippen molar-refractivity contribution in [2.24, 2.45) is 17.8 Å². The highest BCUT2D eigenvalue weighted by Gasteiger charge is 2.33. The summed E-state index contributed by atoms with van der Waals surface area (Å²) in [7, 11) is 0. The van der Waals surface area contributed by atoms with E-state index in [9.17, 15) is 9.59 Å². The van der Waals surface area contributed by atoms with Gasteiger partial charge in [0.1, 0.15) is 11.9 Å². The van der Waals surface area contributed by atoms with Crippen LogP contribution in [-0.4, -0.2) is 31.3 Å². The largest absolute Gasteiger partial charge is 0.482 e. The minimum Gasteiger partial charge on any atom is -0.482 e. The molecular formula is C22H32O5. The Morgan fingerprint density at radius 2 is 1.70 bits per heavy atom. The summed E-state index contributed by atoms with van der Waals surface area (Å²) < 4.78 is 16.1. The van der Waals surface area contributed by atoms with E-state index in [-0.39, 0.29) is 19.3 Å². The molecule has 2 rings (SSSR count). The quantitative estimate of drug-likeness (QED) is 0.667. The lowest BCUT2D eigenvalue weighted by atomic mass is 9.75. The number of carbonyl (C=O) groups excluding carboxylic acids is 2. The molecule has 0 aromatic heterocycles. The Balaban J connectivity index is 1.76. The van der Waals surface area contributed by atoms with Gasteiger partial charge in [0.15, 0.2) is 13.2 Å². The molecule has 1 aromatic carbocycles. The lowest BCUT2D eigenvalue weighted by Crippen LogP contribution is -2.37. The smallest absolute Gasteiger partial charge is 0.344 e. The van der Waals surface area contributed by atoms with Crippen LogP contribution < -0.4 is 4.74 Å². The molecule has 0 saturated heterocycles. The van der Waals surface area contributed by atoms with Gasteiger partial charge in [0.25, 0.3) is 0 Å². The molecule has 1 fully saturated rings. The number of benzene rings is 1. The van der Waals surface area contributed by atoms with E-state index in [2.05, 4.69) is 20.8 Å². The molecule has 1 aliphatic carbocycles. The van der Waals surface area contributed by atoms with E-state index >= 15 is 0 Å². The lowest BCUT2D eigenvalue weighted by Gasteiger charge is -2.36. The van der Waals surface area contributed by atoms with Crippen LogP contribution in [-0.2, 0) is 19.1 Å². The number of rotatable bonds is 7. The van der Waals surface area contributed by atoms with E-state index in [1.165, 1.54) is 6.42 Å². The number of aryl methyl sites for hydroxylation is 2. The van der Waals surface area contributed by atoms with E-state index in [4.69, 9.17) is 14.2 Å². The Kier molecular flexibility index (Phi) is 7.69. The predicted octanol–water partition coefficient (Wildman–Crippen LogP) is 4.23. The van der Waals surface area contributed by atoms with Crippen LogP contribution in [0, 0.1) is 31.6 Å². The molecule has 0 bridgehead atoms. The zero-order valence-corrected chi connectivity index (χ0v) is 17.1. The zero-order valence-electron chi connectivity index (χ0n) is 17.1. The fourth-order valence-corrected chi connectivity index (χ4v) is 3.79. The van der Waals surface area contributed by atoms with Gasteiger partial charge in [0, 0.05) is 0 Å². The number of carbonyl (C=O) groups is 2. The van der Waals surface area contributed by atoms with E-state index in [0.29, 0.717) is 23.5 Å². The fraction of sp³-hybridized carbons (Fsp3) is 0.636. The number of ether oxygens (including phenoxy) is 3. The molecular weight excluding hydrogens is 344 g/mol. The maximum atomic E-state index is 12.1.